The number of aliphatic hydroxyl groups is 1. The molecule has 0 aliphatic heterocycles. The van der Waals surface area contributed by atoms with Gasteiger partial charge in [-0.3, -0.25) is 8.98 Å². The maximum Gasteiger partial charge on any atom is 0.267 e. The third-order valence-corrected chi connectivity index (χ3v) is 3.97. The molecular formula is C12H25NO5S. The molecule has 7 heteroatoms. The third-order valence-electron chi connectivity index (χ3n) is 2.64. The molecule has 0 amide bonds. The molecule has 4 N–H and O–H groups in total. The van der Waals surface area contributed by atoms with Crippen LogP contribution in [0, 0.1) is 5.92 Å². The van der Waals surface area contributed by atoms with Crippen LogP contribution in [0.1, 0.15) is 33.1 Å². The Morgan fingerprint density at radius 1 is 1.32 bits per heavy atom. The lowest BCUT2D eigenvalue weighted by molar-refractivity contribution is -0.104. The van der Waals surface area contributed by atoms with Crippen LogP contribution in [0.3, 0.4) is 0 Å². The lowest BCUT2D eigenvalue weighted by atomic mass is 9.96. The molecule has 0 aromatic carbocycles. The van der Waals surface area contributed by atoms with E-state index in [9.17, 15) is 18.3 Å². The number of allylic oxidation sites excluding steroid dienone is 1. The molecule has 0 aromatic rings. The number of hydrogen-bond donors (Lipinski definition) is 2. The molecule has 2 unspecified atom stereocenters. The van der Waals surface area contributed by atoms with Crippen molar-refractivity contribution in [2.24, 2.45) is 5.92 Å². The van der Waals surface area contributed by atoms with Gasteiger partial charge in [-0.2, -0.15) is 8.42 Å². The van der Waals surface area contributed by atoms with Gasteiger partial charge in [-0.1, -0.05) is 19.4 Å². The van der Waals surface area contributed by atoms with E-state index in [0.717, 1.165) is 6.42 Å². The second-order valence-corrected chi connectivity index (χ2v) is 5.81. The molecule has 0 bridgehead atoms. The highest BCUT2D eigenvalue weighted by Gasteiger charge is 2.16. The van der Waals surface area contributed by atoms with Gasteiger partial charge in [0.2, 0.25) is 0 Å². The van der Waals surface area contributed by atoms with Crippen LogP contribution in [-0.4, -0.2) is 38.3 Å². The van der Waals surface area contributed by atoms with E-state index in [-0.39, 0.29) is 24.4 Å². The fraction of sp³-hybridized carbons (Fsp3) is 0.750. The van der Waals surface area contributed by atoms with E-state index in [1.54, 1.807) is 6.92 Å². The van der Waals surface area contributed by atoms with Crippen molar-refractivity contribution in [2.45, 2.75) is 39.2 Å². The van der Waals surface area contributed by atoms with Crippen molar-refractivity contribution in [1.29, 1.82) is 0 Å². The highest BCUT2D eigenvalue weighted by atomic mass is 32.2. The zero-order valence-electron chi connectivity index (χ0n) is 11.6. The molecule has 114 valence electrons. The lowest BCUT2D eigenvalue weighted by Gasteiger charge is -2.16. The minimum atomic E-state index is -3.45. The monoisotopic (exact) mass is 295 g/mol. The van der Waals surface area contributed by atoms with Gasteiger partial charge >= 0.3 is 0 Å². The summed E-state index contributed by atoms with van der Waals surface area (Å²) in [4.78, 5) is 10.1. The van der Waals surface area contributed by atoms with Gasteiger partial charge in [0.15, 0.2) is 0 Å². The molecule has 0 saturated carbocycles. The van der Waals surface area contributed by atoms with Crippen molar-refractivity contribution in [2.75, 3.05) is 12.4 Å². The molecule has 0 heterocycles. The SMILES string of the molecule is CCOS(=O)(=O)CCC(CC)CC(O)C=CC=O.N. The molecule has 2 atom stereocenters. The first-order chi connectivity index (χ1) is 8.45. The summed E-state index contributed by atoms with van der Waals surface area (Å²) >= 11 is 0. The summed E-state index contributed by atoms with van der Waals surface area (Å²) in [7, 11) is -3.45. The van der Waals surface area contributed by atoms with Gasteiger partial charge in [0.1, 0.15) is 6.29 Å². The van der Waals surface area contributed by atoms with Gasteiger partial charge in [-0.25, -0.2) is 0 Å². The van der Waals surface area contributed by atoms with Crippen molar-refractivity contribution in [3.63, 3.8) is 0 Å². The molecule has 6 nitrogen and oxygen atoms in total. The molecule has 0 saturated heterocycles. The maximum atomic E-state index is 11.4. The van der Waals surface area contributed by atoms with E-state index >= 15 is 0 Å². The Bertz CT molecular complexity index is 353. The van der Waals surface area contributed by atoms with E-state index in [1.165, 1.54) is 12.2 Å². The van der Waals surface area contributed by atoms with Gasteiger partial charge < -0.3 is 11.3 Å². The van der Waals surface area contributed by atoms with Crippen LogP contribution < -0.4 is 6.15 Å². The highest BCUT2D eigenvalue weighted by molar-refractivity contribution is 7.86. The zero-order valence-corrected chi connectivity index (χ0v) is 12.4. The van der Waals surface area contributed by atoms with Crippen LogP contribution in [0.5, 0.6) is 0 Å². The number of carbonyl (C=O) groups is 1. The quantitative estimate of drug-likeness (QED) is 0.358. The largest absolute Gasteiger partial charge is 0.389 e. The zero-order chi connectivity index (χ0) is 14.0. The summed E-state index contributed by atoms with van der Waals surface area (Å²) in [6.45, 7) is 3.71. The van der Waals surface area contributed by atoms with Gasteiger partial charge in [0.25, 0.3) is 10.1 Å². The van der Waals surface area contributed by atoms with Gasteiger partial charge in [0, 0.05) is 0 Å². The first-order valence-electron chi connectivity index (χ1n) is 6.12. The van der Waals surface area contributed by atoms with Crippen LogP contribution in [-0.2, 0) is 19.1 Å². The van der Waals surface area contributed by atoms with E-state index in [2.05, 4.69) is 4.18 Å². The predicted octanol–water partition coefficient (Wildman–Crippen LogP) is 1.44. The predicted molar refractivity (Wildman–Crippen MR) is 74.7 cm³/mol. The summed E-state index contributed by atoms with van der Waals surface area (Å²) in [6, 6.07) is 0. The summed E-state index contributed by atoms with van der Waals surface area (Å²) < 4.78 is 27.4. The fourth-order valence-electron chi connectivity index (χ4n) is 1.63. The Morgan fingerprint density at radius 2 is 1.95 bits per heavy atom. The second kappa shape index (κ2) is 11.1. The van der Waals surface area contributed by atoms with Gasteiger partial charge in [0.05, 0.1) is 18.5 Å². The molecule has 0 aliphatic rings. The molecule has 0 aromatic heterocycles. The summed E-state index contributed by atoms with van der Waals surface area (Å²) in [6.07, 6.45) is 4.21. The first-order valence-corrected chi connectivity index (χ1v) is 7.70. The topological polar surface area (TPSA) is 116 Å². The number of hydrogen-bond acceptors (Lipinski definition) is 6. The van der Waals surface area contributed by atoms with E-state index < -0.39 is 16.2 Å². The Morgan fingerprint density at radius 3 is 2.42 bits per heavy atom. The van der Waals surface area contributed by atoms with Crippen LogP contribution in [0.15, 0.2) is 12.2 Å². The van der Waals surface area contributed by atoms with Crippen molar-refractivity contribution < 1.29 is 22.5 Å². The maximum absolute atomic E-state index is 11.4. The molecule has 0 rings (SSSR count). The molecule has 0 fully saturated rings. The van der Waals surface area contributed by atoms with Crippen molar-refractivity contribution in [3.8, 4) is 0 Å². The number of rotatable bonds is 10. The first kappa shape index (κ1) is 20.6. The number of aldehydes is 1. The molecule has 0 radical (unpaired) electrons. The van der Waals surface area contributed by atoms with E-state index in [4.69, 9.17) is 0 Å². The molecule has 0 spiro atoms. The van der Waals surface area contributed by atoms with Gasteiger partial charge in [-0.15, -0.1) is 0 Å². The highest BCUT2D eigenvalue weighted by Crippen LogP contribution is 2.17. The number of carbonyl (C=O) groups excluding carboxylic acids is 1. The minimum absolute atomic E-state index is 0. The fourth-order valence-corrected chi connectivity index (χ4v) is 2.73. The third kappa shape index (κ3) is 10.8. The Labute approximate surface area is 115 Å². The van der Waals surface area contributed by atoms with Crippen molar-refractivity contribution >= 4 is 16.4 Å². The molecular weight excluding hydrogens is 270 g/mol. The average molecular weight is 295 g/mol. The normalized spacial score (nSPS) is 14.9. The van der Waals surface area contributed by atoms with Crippen LogP contribution in [0.4, 0.5) is 0 Å². The molecule has 0 aliphatic carbocycles. The van der Waals surface area contributed by atoms with Crippen LogP contribution in [0.2, 0.25) is 0 Å². The standard InChI is InChI=1S/C12H22O5S.H3N/c1-3-11(10-12(14)6-5-8-13)7-9-18(15,16)17-4-2;/h5-6,8,11-12,14H,3-4,7,9-10H2,1-2H3;1H3. The Balaban J connectivity index is 0. The van der Waals surface area contributed by atoms with E-state index in [1.807, 2.05) is 6.92 Å². The summed E-state index contributed by atoms with van der Waals surface area (Å²) in [5, 5.41) is 9.59. The Kier molecular flexibility index (Phi) is 12.0. The van der Waals surface area contributed by atoms with Crippen molar-refractivity contribution in [3.05, 3.63) is 12.2 Å². The average Bonchev–Trinajstić information content (AvgIpc) is 2.31. The second-order valence-electron chi connectivity index (χ2n) is 4.06. The summed E-state index contributed by atoms with van der Waals surface area (Å²) in [5.74, 6) is 0.0511. The minimum Gasteiger partial charge on any atom is -0.389 e. The Hall–Kier alpha value is -0.760. The summed E-state index contributed by atoms with van der Waals surface area (Å²) in [5.41, 5.74) is 0. The number of aliphatic hydroxyl groups excluding tert-OH is 1. The van der Waals surface area contributed by atoms with Crippen molar-refractivity contribution in [1.82, 2.24) is 6.15 Å². The lowest BCUT2D eigenvalue weighted by Crippen LogP contribution is -2.17. The van der Waals surface area contributed by atoms with Crippen LogP contribution >= 0.6 is 0 Å². The molecule has 19 heavy (non-hydrogen) atoms. The smallest absolute Gasteiger partial charge is 0.267 e. The van der Waals surface area contributed by atoms with Crippen LogP contribution in [0.25, 0.3) is 0 Å². The van der Waals surface area contributed by atoms with Gasteiger partial charge in [-0.05, 0) is 31.8 Å². The van der Waals surface area contributed by atoms with E-state index in [0.29, 0.717) is 19.1 Å².